The zero-order chi connectivity index (χ0) is 13.2. The summed E-state index contributed by atoms with van der Waals surface area (Å²) in [4.78, 5) is 0. The van der Waals surface area contributed by atoms with Crippen LogP contribution in [0.3, 0.4) is 0 Å². The minimum absolute atomic E-state index is 0.00865. The summed E-state index contributed by atoms with van der Waals surface area (Å²) in [7, 11) is -3.72. The number of anilines is 1. The van der Waals surface area contributed by atoms with Crippen LogP contribution >= 0.6 is 11.6 Å². The Hall–Kier alpha value is -1.02. The van der Waals surface area contributed by atoms with Gasteiger partial charge in [-0.1, -0.05) is 17.7 Å². The van der Waals surface area contributed by atoms with Crippen LogP contribution in [0.4, 0.5) is 5.69 Å². The smallest absolute Gasteiger partial charge is 0.301 e. The SMILES string of the molecule is O=S(=O)(Nc1c(O)cccc1Cl)N1CCOCC1. The van der Waals surface area contributed by atoms with E-state index in [9.17, 15) is 13.5 Å². The summed E-state index contributed by atoms with van der Waals surface area (Å²) in [6, 6.07) is 4.39. The molecule has 0 aliphatic carbocycles. The third-order valence-corrected chi connectivity index (χ3v) is 4.35. The van der Waals surface area contributed by atoms with Crippen molar-refractivity contribution in [2.75, 3.05) is 31.0 Å². The first kappa shape index (κ1) is 13.4. The van der Waals surface area contributed by atoms with Crippen molar-refractivity contribution in [1.82, 2.24) is 4.31 Å². The molecule has 100 valence electrons. The number of hydrogen-bond donors (Lipinski definition) is 2. The molecule has 0 unspecified atom stereocenters. The molecular weight excluding hydrogens is 280 g/mol. The lowest BCUT2D eigenvalue weighted by Gasteiger charge is -2.26. The van der Waals surface area contributed by atoms with E-state index < -0.39 is 10.2 Å². The van der Waals surface area contributed by atoms with Gasteiger partial charge in [-0.3, -0.25) is 4.72 Å². The molecule has 1 aromatic carbocycles. The average molecular weight is 293 g/mol. The minimum Gasteiger partial charge on any atom is -0.506 e. The van der Waals surface area contributed by atoms with Gasteiger partial charge >= 0.3 is 10.2 Å². The molecule has 8 heteroatoms. The molecule has 1 aromatic rings. The number of halogens is 1. The number of para-hydroxylation sites is 1. The van der Waals surface area contributed by atoms with Crippen LogP contribution in [0.1, 0.15) is 0 Å². The van der Waals surface area contributed by atoms with Gasteiger partial charge in [0.1, 0.15) is 11.4 Å². The highest BCUT2D eigenvalue weighted by Gasteiger charge is 2.25. The molecule has 1 fully saturated rings. The fraction of sp³-hybridized carbons (Fsp3) is 0.400. The van der Waals surface area contributed by atoms with Gasteiger partial charge in [-0.15, -0.1) is 0 Å². The van der Waals surface area contributed by atoms with Crippen molar-refractivity contribution in [2.45, 2.75) is 0 Å². The third kappa shape index (κ3) is 2.86. The van der Waals surface area contributed by atoms with Gasteiger partial charge in [-0.05, 0) is 12.1 Å². The highest BCUT2D eigenvalue weighted by molar-refractivity contribution is 7.90. The van der Waals surface area contributed by atoms with Crippen LogP contribution in [0.2, 0.25) is 5.02 Å². The number of nitrogens with one attached hydrogen (secondary N) is 1. The van der Waals surface area contributed by atoms with Gasteiger partial charge in [0.25, 0.3) is 0 Å². The fourth-order valence-corrected chi connectivity index (χ4v) is 3.10. The second kappa shape index (κ2) is 5.31. The van der Waals surface area contributed by atoms with Gasteiger partial charge < -0.3 is 9.84 Å². The van der Waals surface area contributed by atoms with E-state index in [0.29, 0.717) is 13.2 Å². The molecule has 1 aliphatic rings. The van der Waals surface area contributed by atoms with E-state index in [-0.39, 0.29) is 29.5 Å². The molecule has 18 heavy (non-hydrogen) atoms. The number of phenols is 1. The molecular formula is C10H13ClN2O4S. The van der Waals surface area contributed by atoms with Crippen LogP contribution in [0.5, 0.6) is 5.75 Å². The van der Waals surface area contributed by atoms with Crippen molar-refractivity contribution in [3.63, 3.8) is 0 Å². The number of ether oxygens (including phenoxy) is 1. The number of rotatable bonds is 3. The maximum atomic E-state index is 12.0. The van der Waals surface area contributed by atoms with Crippen LogP contribution in [-0.4, -0.2) is 44.1 Å². The van der Waals surface area contributed by atoms with E-state index in [4.69, 9.17) is 16.3 Å². The van der Waals surface area contributed by atoms with Crippen LogP contribution in [0, 0.1) is 0 Å². The normalized spacial score (nSPS) is 17.6. The van der Waals surface area contributed by atoms with Crippen molar-refractivity contribution in [1.29, 1.82) is 0 Å². The highest BCUT2D eigenvalue weighted by atomic mass is 35.5. The molecule has 1 aliphatic heterocycles. The molecule has 0 spiro atoms. The Morgan fingerprint density at radius 1 is 1.33 bits per heavy atom. The van der Waals surface area contributed by atoms with E-state index in [2.05, 4.69) is 4.72 Å². The summed E-state index contributed by atoms with van der Waals surface area (Å²) >= 11 is 5.84. The summed E-state index contributed by atoms with van der Waals surface area (Å²) in [6.07, 6.45) is 0. The largest absolute Gasteiger partial charge is 0.506 e. The van der Waals surface area contributed by atoms with E-state index >= 15 is 0 Å². The summed E-state index contributed by atoms with van der Waals surface area (Å²) in [6.45, 7) is 1.27. The Balaban J connectivity index is 2.22. The summed E-state index contributed by atoms with van der Waals surface area (Å²) in [5, 5.41) is 9.74. The van der Waals surface area contributed by atoms with Crippen molar-refractivity contribution in [3.8, 4) is 5.75 Å². The van der Waals surface area contributed by atoms with Crippen LogP contribution < -0.4 is 4.72 Å². The van der Waals surface area contributed by atoms with Crippen molar-refractivity contribution in [2.24, 2.45) is 0 Å². The monoisotopic (exact) mass is 292 g/mol. The second-order valence-corrected chi connectivity index (χ2v) is 5.83. The summed E-state index contributed by atoms with van der Waals surface area (Å²) in [5.41, 5.74) is -0.00865. The van der Waals surface area contributed by atoms with Gasteiger partial charge in [0.15, 0.2) is 0 Å². The lowest BCUT2D eigenvalue weighted by atomic mass is 10.3. The molecule has 6 nitrogen and oxygen atoms in total. The topological polar surface area (TPSA) is 78.9 Å². The second-order valence-electron chi connectivity index (χ2n) is 3.75. The Morgan fingerprint density at radius 3 is 2.61 bits per heavy atom. The number of aromatic hydroxyl groups is 1. The van der Waals surface area contributed by atoms with Gasteiger partial charge in [-0.2, -0.15) is 12.7 Å². The maximum absolute atomic E-state index is 12.0. The number of hydrogen-bond acceptors (Lipinski definition) is 4. The van der Waals surface area contributed by atoms with E-state index in [1.165, 1.54) is 22.5 Å². The molecule has 0 aromatic heterocycles. The quantitative estimate of drug-likeness (QED) is 0.816. The molecule has 0 saturated carbocycles. The van der Waals surface area contributed by atoms with Gasteiger partial charge in [0.05, 0.1) is 18.2 Å². The third-order valence-electron chi connectivity index (χ3n) is 2.53. The minimum atomic E-state index is -3.72. The molecule has 0 atom stereocenters. The fourth-order valence-electron chi connectivity index (χ4n) is 1.59. The van der Waals surface area contributed by atoms with E-state index in [1.807, 2.05) is 0 Å². The summed E-state index contributed by atoms with van der Waals surface area (Å²) in [5.74, 6) is -0.209. The molecule has 0 bridgehead atoms. The average Bonchev–Trinajstić information content (AvgIpc) is 2.35. The van der Waals surface area contributed by atoms with Crippen molar-refractivity contribution in [3.05, 3.63) is 23.2 Å². The number of morpholine rings is 1. The van der Waals surface area contributed by atoms with Crippen LogP contribution in [0.25, 0.3) is 0 Å². The first-order valence-corrected chi connectivity index (χ1v) is 7.15. The Labute approximate surface area is 110 Å². The lowest BCUT2D eigenvalue weighted by molar-refractivity contribution is 0.0733. The van der Waals surface area contributed by atoms with Crippen molar-refractivity contribution >= 4 is 27.5 Å². The summed E-state index contributed by atoms with van der Waals surface area (Å²) < 4.78 is 32.7. The van der Waals surface area contributed by atoms with E-state index in [0.717, 1.165) is 0 Å². The standard InChI is InChI=1S/C10H13ClN2O4S/c11-8-2-1-3-9(14)10(8)12-18(15,16)13-4-6-17-7-5-13/h1-3,12,14H,4-7H2. The molecule has 0 radical (unpaired) electrons. The molecule has 0 amide bonds. The first-order valence-electron chi connectivity index (χ1n) is 5.34. The van der Waals surface area contributed by atoms with Gasteiger partial charge in [0, 0.05) is 13.1 Å². The van der Waals surface area contributed by atoms with Crippen molar-refractivity contribution < 1.29 is 18.3 Å². The predicted octanol–water partition coefficient (Wildman–Crippen LogP) is 1.03. The Bertz CT molecular complexity index is 508. The maximum Gasteiger partial charge on any atom is 0.301 e. The number of phenolic OH excluding ortho intramolecular Hbond substituents is 1. The van der Waals surface area contributed by atoms with Crippen LogP contribution in [0.15, 0.2) is 18.2 Å². The molecule has 1 heterocycles. The molecule has 2 N–H and O–H groups in total. The first-order chi connectivity index (χ1) is 8.50. The highest BCUT2D eigenvalue weighted by Crippen LogP contribution is 2.32. The molecule has 2 rings (SSSR count). The van der Waals surface area contributed by atoms with Crippen LogP contribution in [-0.2, 0) is 14.9 Å². The Morgan fingerprint density at radius 2 is 2.00 bits per heavy atom. The van der Waals surface area contributed by atoms with Gasteiger partial charge in [0.2, 0.25) is 0 Å². The molecule has 1 saturated heterocycles. The predicted molar refractivity (Wildman–Crippen MR) is 68.1 cm³/mol. The van der Waals surface area contributed by atoms with Gasteiger partial charge in [-0.25, -0.2) is 0 Å². The Kier molecular flexibility index (Phi) is 3.96. The number of benzene rings is 1. The van der Waals surface area contributed by atoms with E-state index in [1.54, 1.807) is 0 Å². The number of nitrogens with zero attached hydrogens (tertiary/aromatic N) is 1. The zero-order valence-electron chi connectivity index (χ0n) is 9.47. The lowest BCUT2D eigenvalue weighted by Crippen LogP contribution is -2.43. The zero-order valence-corrected chi connectivity index (χ0v) is 11.0.